The molecule has 0 aliphatic heterocycles. The molecular weight excluding hydrogens is 362 g/mol. The van der Waals surface area contributed by atoms with Gasteiger partial charge in [-0.25, -0.2) is 0 Å². The second-order valence-electron chi connectivity index (χ2n) is 6.00. The van der Waals surface area contributed by atoms with Crippen LogP contribution in [0.5, 0.6) is 0 Å². The summed E-state index contributed by atoms with van der Waals surface area (Å²) in [6.07, 6.45) is 1.44. The summed E-state index contributed by atoms with van der Waals surface area (Å²) >= 11 is 5.92. The maximum Gasteiger partial charge on any atom is 0.270 e. The van der Waals surface area contributed by atoms with E-state index in [2.05, 4.69) is 15.6 Å². The lowest BCUT2D eigenvalue weighted by molar-refractivity contribution is 0.0946. The van der Waals surface area contributed by atoms with Crippen molar-refractivity contribution >= 4 is 29.1 Å². The first kappa shape index (κ1) is 18.6. The molecule has 0 aliphatic rings. The van der Waals surface area contributed by atoms with E-state index in [0.29, 0.717) is 22.8 Å². The van der Waals surface area contributed by atoms with Crippen LogP contribution < -0.4 is 10.6 Å². The number of aryl methyl sites for hydroxylation is 1. The third kappa shape index (κ3) is 4.92. The predicted octanol–water partition coefficient (Wildman–Crippen LogP) is 4.23. The third-order valence-electron chi connectivity index (χ3n) is 4.04. The fraction of sp³-hybridized carbons (Fsp3) is 0.0952. The van der Waals surface area contributed by atoms with Crippen LogP contribution in [-0.4, -0.2) is 16.8 Å². The summed E-state index contributed by atoms with van der Waals surface area (Å²) in [7, 11) is 0. The fourth-order valence-electron chi connectivity index (χ4n) is 2.54. The topological polar surface area (TPSA) is 71.1 Å². The fourth-order valence-corrected chi connectivity index (χ4v) is 2.73. The van der Waals surface area contributed by atoms with Crippen molar-refractivity contribution in [3.63, 3.8) is 0 Å². The Morgan fingerprint density at radius 1 is 1.00 bits per heavy atom. The molecule has 2 N–H and O–H groups in total. The number of nitrogens with one attached hydrogen (secondary N) is 2. The van der Waals surface area contributed by atoms with Gasteiger partial charge in [0.1, 0.15) is 5.69 Å². The summed E-state index contributed by atoms with van der Waals surface area (Å²) in [6, 6.07) is 17.7. The lowest BCUT2D eigenvalue weighted by Crippen LogP contribution is -2.24. The van der Waals surface area contributed by atoms with E-state index in [-0.39, 0.29) is 17.5 Å². The van der Waals surface area contributed by atoms with Crippen LogP contribution in [0.1, 0.15) is 32.0 Å². The van der Waals surface area contributed by atoms with E-state index in [1.54, 1.807) is 30.3 Å². The second kappa shape index (κ2) is 8.47. The molecule has 1 heterocycles. The third-order valence-corrected chi connectivity index (χ3v) is 4.27. The zero-order valence-corrected chi connectivity index (χ0v) is 15.5. The Bertz CT molecular complexity index is 988. The van der Waals surface area contributed by atoms with Crippen molar-refractivity contribution in [2.75, 3.05) is 5.32 Å². The summed E-state index contributed by atoms with van der Waals surface area (Å²) in [5.41, 5.74) is 3.23. The van der Waals surface area contributed by atoms with Crippen molar-refractivity contribution in [2.24, 2.45) is 0 Å². The van der Waals surface area contributed by atoms with E-state index in [0.717, 1.165) is 11.1 Å². The van der Waals surface area contributed by atoms with Crippen molar-refractivity contribution in [3.8, 4) is 0 Å². The molecule has 0 fully saturated rings. The number of carbonyl (C=O) groups is 2. The highest BCUT2D eigenvalue weighted by molar-refractivity contribution is 6.31. The Morgan fingerprint density at radius 3 is 2.59 bits per heavy atom. The van der Waals surface area contributed by atoms with Crippen molar-refractivity contribution in [1.29, 1.82) is 0 Å². The van der Waals surface area contributed by atoms with Gasteiger partial charge in [-0.15, -0.1) is 0 Å². The number of aromatic nitrogens is 1. The summed E-state index contributed by atoms with van der Waals surface area (Å²) < 4.78 is 0. The van der Waals surface area contributed by atoms with Gasteiger partial charge in [0.25, 0.3) is 11.8 Å². The van der Waals surface area contributed by atoms with Crippen LogP contribution in [-0.2, 0) is 6.54 Å². The predicted molar refractivity (Wildman–Crippen MR) is 106 cm³/mol. The van der Waals surface area contributed by atoms with Crippen LogP contribution >= 0.6 is 11.6 Å². The molecule has 1 aromatic heterocycles. The molecule has 3 aromatic rings. The molecule has 3 rings (SSSR count). The second-order valence-corrected chi connectivity index (χ2v) is 6.44. The summed E-state index contributed by atoms with van der Waals surface area (Å²) in [5.74, 6) is -0.678. The van der Waals surface area contributed by atoms with Gasteiger partial charge in [-0.2, -0.15) is 0 Å². The quantitative estimate of drug-likeness (QED) is 0.697. The highest BCUT2D eigenvalue weighted by atomic mass is 35.5. The first-order chi connectivity index (χ1) is 13.0. The molecule has 0 aliphatic carbocycles. The van der Waals surface area contributed by atoms with E-state index in [1.807, 2.05) is 31.2 Å². The molecular formula is C21H18ClN3O2. The smallest absolute Gasteiger partial charge is 0.270 e. The molecule has 27 heavy (non-hydrogen) atoms. The molecule has 6 heteroatoms. The van der Waals surface area contributed by atoms with Crippen molar-refractivity contribution in [2.45, 2.75) is 13.5 Å². The number of benzene rings is 2. The number of hydrogen-bond donors (Lipinski definition) is 2. The molecule has 2 amide bonds. The van der Waals surface area contributed by atoms with Crippen LogP contribution in [0.3, 0.4) is 0 Å². The largest absolute Gasteiger partial charge is 0.347 e. The maximum absolute atomic E-state index is 12.4. The molecule has 0 atom stereocenters. The number of halogens is 1. The Morgan fingerprint density at radius 2 is 1.81 bits per heavy atom. The Balaban J connectivity index is 1.68. The van der Waals surface area contributed by atoms with Gasteiger partial charge in [0.2, 0.25) is 0 Å². The van der Waals surface area contributed by atoms with Gasteiger partial charge in [-0.1, -0.05) is 41.9 Å². The summed E-state index contributed by atoms with van der Waals surface area (Å²) in [4.78, 5) is 28.9. The molecule has 0 saturated heterocycles. The van der Waals surface area contributed by atoms with Gasteiger partial charge >= 0.3 is 0 Å². The van der Waals surface area contributed by atoms with E-state index >= 15 is 0 Å². The van der Waals surface area contributed by atoms with Gasteiger partial charge < -0.3 is 10.6 Å². The zero-order valence-electron chi connectivity index (χ0n) is 14.7. The van der Waals surface area contributed by atoms with Crippen LogP contribution in [0.15, 0.2) is 66.9 Å². The average Bonchev–Trinajstić information content (AvgIpc) is 2.67. The van der Waals surface area contributed by atoms with Crippen LogP contribution in [0.2, 0.25) is 5.02 Å². The number of rotatable bonds is 5. The van der Waals surface area contributed by atoms with E-state index in [1.165, 1.54) is 12.3 Å². The number of anilines is 1. The van der Waals surface area contributed by atoms with Gasteiger partial charge in [0.05, 0.1) is 0 Å². The van der Waals surface area contributed by atoms with Crippen molar-refractivity contribution < 1.29 is 9.59 Å². The van der Waals surface area contributed by atoms with Gasteiger partial charge in [-0.05, 0) is 48.4 Å². The number of hydrogen-bond acceptors (Lipinski definition) is 3. The Labute approximate surface area is 162 Å². The number of nitrogens with zero attached hydrogens (tertiary/aromatic N) is 1. The molecule has 2 aromatic carbocycles. The molecule has 0 bridgehead atoms. The highest BCUT2D eigenvalue weighted by Gasteiger charge is 2.12. The van der Waals surface area contributed by atoms with Gasteiger partial charge in [0, 0.05) is 29.0 Å². The summed E-state index contributed by atoms with van der Waals surface area (Å²) in [5, 5.41) is 6.10. The summed E-state index contributed by atoms with van der Waals surface area (Å²) in [6.45, 7) is 2.38. The number of carbonyl (C=O) groups excluding carboxylic acids is 2. The molecule has 0 saturated carbocycles. The molecule has 0 unspecified atom stereocenters. The lowest BCUT2D eigenvalue weighted by Gasteiger charge is -2.09. The zero-order chi connectivity index (χ0) is 19.2. The monoisotopic (exact) mass is 379 g/mol. The van der Waals surface area contributed by atoms with Gasteiger partial charge in [0.15, 0.2) is 0 Å². The maximum atomic E-state index is 12.4. The first-order valence-electron chi connectivity index (χ1n) is 8.38. The normalized spacial score (nSPS) is 10.3. The highest BCUT2D eigenvalue weighted by Crippen LogP contribution is 2.16. The van der Waals surface area contributed by atoms with E-state index in [4.69, 9.17) is 11.6 Å². The minimum atomic E-state index is -0.340. The van der Waals surface area contributed by atoms with Gasteiger partial charge in [-0.3, -0.25) is 14.6 Å². The molecule has 0 radical (unpaired) electrons. The SMILES string of the molecule is Cc1ccccc1CNC(=O)c1cc(C(=O)Nc2cccc(Cl)c2)ccn1. The standard InChI is InChI=1S/C21H18ClN3O2/c1-14-5-2-3-6-16(14)13-24-21(27)19-11-15(9-10-23-19)20(26)25-18-8-4-7-17(22)12-18/h2-12H,13H2,1H3,(H,24,27)(H,25,26). The molecule has 0 spiro atoms. The number of pyridine rings is 1. The van der Waals surface area contributed by atoms with Crippen LogP contribution in [0.4, 0.5) is 5.69 Å². The van der Waals surface area contributed by atoms with Crippen molar-refractivity contribution in [3.05, 3.63) is 94.3 Å². The van der Waals surface area contributed by atoms with Crippen LogP contribution in [0.25, 0.3) is 0 Å². The van der Waals surface area contributed by atoms with Crippen LogP contribution in [0, 0.1) is 6.92 Å². The van der Waals surface area contributed by atoms with Crippen molar-refractivity contribution in [1.82, 2.24) is 10.3 Å². The number of amides is 2. The molecule has 5 nitrogen and oxygen atoms in total. The minimum Gasteiger partial charge on any atom is -0.347 e. The lowest BCUT2D eigenvalue weighted by atomic mass is 10.1. The Kier molecular flexibility index (Phi) is 5.84. The minimum absolute atomic E-state index is 0.183. The van der Waals surface area contributed by atoms with E-state index in [9.17, 15) is 9.59 Å². The van der Waals surface area contributed by atoms with E-state index < -0.39 is 0 Å². The first-order valence-corrected chi connectivity index (χ1v) is 8.76. The molecule has 136 valence electrons. The Hall–Kier alpha value is -3.18. The average molecular weight is 380 g/mol.